The number of aryl methyl sites for hydroxylation is 2. The smallest absolute Gasteiger partial charge is 0.229 e. The Morgan fingerprint density at radius 2 is 1.58 bits per heavy atom. The Bertz CT molecular complexity index is 865. The van der Waals surface area contributed by atoms with Crippen LogP contribution in [0.2, 0.25) is 5.02 Å². The zero-order chi connectivity index (χ0) is 17.1. The fourth-order valence-electron chi connectivity index (χ4n) is 2.17. The fraction of sp³-hybridized carbons (Fsp3) is 0.111. The van der Waals surface area contributed by atoms with E-state index in [0.29, 0.717) is 16.8 Å². The Morgan fingerprint density at radius 3 is 2.29 bits per heavy atom. The van der Waals surface area contributed by atoms with Gasteiger partial charge in [-0.1, -0.05) is 17.7 Å². The standard InChI is InChI=1S/C18H16ClFN4/c1-11-3-6-15(10-16(11)19)23-18-21-12(2)9-17(24-18)22-14-7-4-13(20)5-8-14/h3-10H,1-2H3,(H2,21,22,23,24). The first-order valence-corrected chi connectivity index (χ1v) is 7.79. The quantitative estimate of drug-likeness (QED) is 0.669. The average molecular weight is 343 g/mol. The summed E-state index contributed by atoms with van der Waals surface area (Å²) in [5.74, 6) is 0.798. The van der Waals surface area contributed by atoms with Crippen LogP contribution in [0, 0.1) is 19.7 Å². The van der Waals surface area contributed by atoms with E-state index in [1.807, 2.05) is 38.1 Å². The van der Waals surface area contributed by atoms with Crippen LogP contribution in [0.5, 0.6) is 0 Å². The van der Waals surface area contributed by atoms with Gasteiger partial charge in [0.15, 0.2) is 0 Å². The molecule has 0 aliphatic carbocycles. The molecule has 122 valence electrons. The summed E-state index contributed by atoms with van der Waals surface area (Å²) in [5, 5.41) is 6.95. The molecular formula is C18H16ClFN4. The minimum atomic E-state index is -0.280. The van der Waals surface area contributed by atoms with Gasteiger partial charge in [-0.25, -0.2) is 9.37 Å². The second kappa shape index (κ2) is 6.84. The van der Waals surface area contributed by atoms with Crippen molar-refractivity contribution in [1.29, 1.82) is 0 Å². The largest absolute Gasteiger partial charge is 0.340 e. The van der Waals surface area contributed by atoms with Gasteiger partial charge in [-0.2, -0.15) is 4.98 Å². The van der Waals surface area contributed by atoms with E-state index in [9.17, 15) is 4.39 Å². The molecule has 0 fully saturated rings. The van der Waals surface area contributed by atoms with Crippen LogP contribution in [-0.4, -0.2) is 9.97 Å². The third-order valence-electron chi connectivity index (χ3n) is 3.40. The molecule has 4 nitrogen and oxygen atoms in total. The highest BCUT2D eigenvalue weighted by molar-refractivity contribution is 6.31. The maximum Gasteiger partial charge on any atom is 0.229 e. The number of halogens is 2. The Kier molecular flexibility index (Phi) is 4.62. The number of hydrogen-bond acceptors (Lipinski definition) is 4. The van der Waals surface area contributed by atoms with Gasteiger partial charge in [-0.3, -0.25) is 0 Å². The second-order valence-corrected chi connectivity index (χ2v) is 5.85. The van der Waals surface area contributed by atoms with Gasteiger partial charge < -0.3 is 10.6 Å². The molecule has 3 aromatic rings. The van der Waals surface area contributed by atoms with Gasteiger partial charge in [0.2, 0.25) is 5.95 Å². The molecule has 6 heteroatoms. The van der Waals surface area contributed by atoms with Crippen molar-refractivity contribution in [3.8, 4) is 0 Å². The average Bonchev–Trinajstić information content (AvgIpc) is 2.53. The van der Waals surface area contributed by atoms with Crippen molar-refractivity contribution in [3.05, 3.63) is 70.6 Å². The molecule has 3 rings (SSSR count). The first-order valence-electron chi connectivity index (χ1n) is 7.41. The van der Waals surface area contributed by atoms with Gasteiger partial charge >= 0.3 is 0 Å². The highest BCUT2D eigenvalue weighted by Gasteiger charge is 2.05. The summed E-state index contributed by atoms with van der Waals surface area (Å²) < 4.78 is 13.0. The molecular weight excluding hydrogens is 327 g/mol. The van der Waals surface area contributed by atoms with E-state index in [-0.39, 0.29) is 5.82 Å². The minimum Gasteiger partial charge on any atom is -0.340 e. The number of rotatable bonds is 4. The number of benzene rings is 2. The molecule has 0 atom stereocenters. The summed E-state index contributed by atoms with van der Waals surface area (Å²) in [4.78, 5) is 8.80. The number of anilines is 4. The Morgan fingerprint density at radius 1 is 0.875 bits per heavy atom. The molecule has 2 N–H and O–H groups in total. The van der Waals surface area contributed by atoms with E-state index in [1.54, 1.807) is 12.1 Å². The minimum absolute atomic E-state index is 0.280. The van der Waals surface area contributed by atoms with E-state index in [4.69, 9.17) is 11.6 Å². The maximum absolute atomic E-state index is 13.0. The zero-order valence-electron chi connectivity index (χ0n) is 13.3. The van der Waals surface area contributed by atoms with Gasteiger partial charge in [0.05, 0.1) is 0 Å². The SMILES string of the molecule is Cc1cc(Nc2ccc(F)cc2)nc(Nc2ccc(C)c(Cl)c2)n1. The lowest BCUT2D eigenvalue weighted by atomic mass is 10.2. The predicted molar refractivity (Wildman–Crippen MR) is 95.9 cm³/mol. The Labute approximate surface area is 144 Å². The predicted octanol–water partition coefficient (Wildman–Crippen LogP) is 5.37. The molecule has 0 aliphatic heterocycles. The molecule has 0 amide bonds. The molecule has 0 unspecified atom stereocenters. The number of nitrogens with zero attached hydrogens (tertiary/aromatic N) is 2. The first-order chi connectivity index (χ1) is 11.5. The van der Waals surface area contributed by atoms with Crippen LogP contribution in [0.4, 0.5) is 27.5 Å². The molecule has 24 heavy (non-hydrogen) atoms. The van der Waals surface area contributed by atoms with Gasteiger partial charge in [0.25, 0.3) is 0 Å². The maximum atomic E-state index is 13.0. The molecule has 0 spiro atoms. The van der Waals surface area contributed by atoms with Gasteiger partial charge in [-0.05, 0) is 55.8 Å². The molecule has 0 bridgehead atoms. The lowest BCUT2D eigenvalue weighted by molar-refractivity contribution is 0.628. The van der Waals surface area contributed by atoms with Crippen LogP contribution < -0.4 is 10.6 Å². The van der Waals surface area contributed by atoms with Gasteiger partial charge in [0.1, 0.15) is 11.6 Å². The summed E-state index contributed by atoms with van der Waals surface area (Å²) >= 11 is 6.14. The van der Waals surface area contributed by atoms with E-state index in [0.717, 1.165) is 22.6 Å². The van der Waals surface area contributed by atoms with E-state index >= 15 is 0 Å². The van der Waals surface area contributed by atoms with Crippen LogP contribution in [0.15, 0.2) is 48.5 Å². The zero-order valence-corrected chi connectivity index (χ0v) is 14.0. The van der Waals surface area contributed by atoms with Crippen molar-refractivity contribution in [2.24, 2.45) is 0 Å². The van der Waals surface area contributed by atoms with Crippen molar-refractivity contribution in [2.45, 2.75) is 13.8 Å². The van der Waals surface area contributed by atoms with Crippen LogP contribution in [0.3, 0.4) is 0 Å². The summed E-state index contributed by atoms with van der Waals surface area (Å²) in [6, 6.07) is 13.6. The van der Waals surface area contributed by atoms with Crippen molar-refractivity contribution in [3.63, 3.8) is 0 Å². The van der Waals surface area contributed by atoms with Crippen LogP contribution in [0.1, 0.15) is 11.3 Å². The molecule has 1 heterocycles. The Balaban J connectivity index is 1.82. The highest BCUT2D eigenvalue weighted by atomic mass is 35.5. The van der Waals surface area contributed by atoms with Crippen LogP contribution in [0.25, 0.3) is 0 Å². The Hall–Kier alpha value is -2.66. The number of hydrogen-bond donors (Lipinski definition) is 2. The molecule has 0 saturated heterocycles. The third-order valence-corrected chi connectivity index (χ3v) is 3.81. The van der Waals surface area contributed by atoms with Crippen molar-refractivity contribution >= 4 is 34.7 Å². The molecule has 0 aliphatic rings. The molecule has 1 aromatic heterocycles. The summed E-state index contributed by atoms with van der Waals surface area (Å²) in [6.45, 7) is 3.82. The highest BCUT2D eigenvalue weighted by Crippen LogP contribution is 2.23. The fourth-order valence-corrected chi connectivity index (χ4v) is 2.35. The summed E-state index contributed by atoms with van der Waals surface area (Å²) in [7, 11) is 0. The lowest BCUT2D eigenvalue weighted by Crippen LogP contribution is -2.02. The van der Waals surface area contributed by atoms with Crippen molar-refractivity contribution in [1.82, 2.24) is 9.97 Å². The molecule has 0 saturated carbocycles. The van der Waals surface area contributed by atoms with E-state index in [2.05, 4.69) is 20.6 Å². The summed E-state index contributed by atoms with van der Waals surface area (Å²) in [5.41, 5.74) is 3.36. The lowest BCUT2D eigenvalue weighted by Gasteiger charge is -2.10. The molecule has 2 aromatic carbocycles. The molecule has 0 radical (unpaired) electrons. The summed E-state index contributed by atoms with van der Waals surface area (Å²) in [6.07, 6.45) is 0. The van der Waals surface area contributed by atoms with Gasteiger partial charge in [0, 0.05) is 28.2 Å². The van der Waals surface area contributed by atoms with Crippen LogP contribution >= 0.6 is 11.6 Å². The second-order valence-electron chi connectivity index (χ2n) is 5.44. The van der Waals surface area contributed by atoms with E-state index in [1.165, 1.54) is 12.1 Å². The first kappa shape index (κ1) is 16.2. The monoisotopic (exact) mass is 342 g/mol. The number of aromatic nitrogens is 2. The topological polar surface area (TPSA) is 49.8 Å². The van der Waals surface area contributed by atoms with E-state index < -0.39 is 0 Å². The number of nitrogens with one attached hydrogen (secondary N) is 2. The van der Waals surface area contributed by atoms with Crippen LogP contribution in [-0.2, 0) is 0 Å². The van der Waals surface area contributed by atoms with Crippen molar-refractivity contribution in [2.75, 3.05) is 10.6 Å². The third kappa shape index (κ3) is 4.00. The normalized spacial score (nSPS) is 10.5. The van der Waals surface area contributed by atoms with Crippen molar-refractivity contribution < 1.29 is 4.39 Å². The van der Waals surface area contributed by atoms with Gasteiger partial charge in [-0.15, -0.1) is 0 Å².